The summed E-state index contributed by atoms with van der Waals surface area (Å²) in [6.07, 6.45) is 1.75. The van der Waals surface area contributed by atoms with Crippen molar-refractivity contribution in [1.82, 2.24) is 4.98 Å². The van der Waals surface area contributed by atoms with Gasteiger partial charge in [-0.1, -0.05) is 23.7 Å². The van der Waals surface area contributed by atoms with Crippen molar-refractivity contribution in [3.8, 4) is 0 Å². The molecule has 3 nitrogen and oxygen atoms in total. The summed E-state index contributed by atoms with van der Waals surface area (Å²) in [6, 6.07) is 14.7. The molecule has 1 amide bonds. The Morgan fingerprint density at radius 1 is 1.14 bits per heavy atom. The van der Waals surface area contributed by atoms with Crippen molar-refractivity contribution in [3.63, 3.8) is 0 Å². The first-order chi connectivity index (χ1) is 10.1. The first kappa shape index (κ1) is 13.6. The van der Waals surface area contributed by atoms with E-state index in [2.05, 4.69) is 10.3 Å². The maximum atomic E-state index is 12.3. The lowest BCUT2D eigenvalue weighted by atomic mass is 10.1. The maximum absolute atomic E-state index is 12.3. The standard InChI is InChI=1S/C17H13ClN2O/c1-11-4-5-13(18)10-15(11)17(21)20-14-6-7-16-12(9-14)3-2-8-19-16/h2-10H,1H3,(H,20,21). The molecule has 0 fully saturated rings. The van der Waals surface area contributed by atoms with Crippen LogP contribution in [0.2, 0.25) is 5.02 Å². The van der Waals surface area contributed by atoms with Crippen LogP contribution in [-0.4, -0.2) is 10.9 Å². The zero-order chi connectivity index (χ0) is 14.8. The van der Waals surface area contributed by atoms with Crippen LogP contribution in [0.1, 0.15) is 15.9 Å². The Hall–Kier alpha value is -2.39. The normalized spacial score (nSPS) is 10.6. The summed E-state index contributed by atoms with van der Waals surface area (Å²) >= 11 is 5.95. The van der Waals surface area contributed by atoms with Gasteiger partial charge in [-0.2, -0.15) is 0 Å². The summed E-state index contributed by atoms with van der Waals surface area (Å²) in [5, 5.41) is 4.43. The van der Waals surface area contributed by atoms with E-state index >= 15 is 0 Å². The average Bonchev–Trinajstić information content (AvgIpc) is 2.49. The van der Waals surface area contributed by atoms with Crippen molar-refractivity contribution < 1.29 is 4.79 Å². The molecular formula is C17H13ClN2O. The molecule has 0 atom stereocenters. The Bertz CT molecular complexity index is 830. The quantitative estimate of drug-likeness (QED) is 0.759. The number of amides is 1. The lowest BCUT2D eigenvalue weighted by Crippen LogP contribution is -2.13. The average molecular weight is 297 g/mol. The highest BCUT2D eigenvalue weighted by Crippen LogP contribution is 2.20. The number of fused-ring (bicyclic) bond motifs is 1. The van der Waals surface area contributed by atoms with Gasteiger partial charge in [0, 0.05) is 27.9 Å². The fourth-order valence-corrected chi connectivity index (χ4v) is 2.36. The summed E-state index contributed by atoms with van der Waals surface area (Å²) in [7, 11) is 0. The molecule has 0 saturated heterocycles. The van der Waals surface area contributed by atoms with Crippen LogP contribution in [0, 0.1) is 6.92 Å². The number of aryl methyl sites for hydroxylation is 1. The fourth-order valence-electron chi connectivity index (χ4n) is 2.19. The van der Waals surface area contributed by atoms with Crippen molar-refractivity contribution in [2.75, 3.05) is 5.32 Å². The summed E-state index contributed by atoms with van der Waals surface area (Å²) in [5.41, 5.74) is 3.10. The molecule has 2 aromatic carbocycles. The lowest BCUT2D eigenvalue weighted by Gasteiger charge is -2.09. The number of halogens is 1. The molecule has 1 N–H and O–H groups in total. The van der Waals surface area contributed by atoms with Crippen LogP contribution in [0.25, 0.3) is 10.9 Å². The molecule has 0 aliphatic heterocycles. The number of hydrogen-bond donors (Lipinski definition) is 1. The van der Waals surface area contributed by atoms with Gasteiger partial charge in [0.2, 0.25) is 0 Å². The van der Waals surface area contributed by atoms with E-state index < -0.39 is 0 Å². The molecule has 1 heterocycles. The third kappa shape index (κ3) is 2.88. The van der Waals surface area contributed by atoms with E-state index in [9.17, 15) is 4.79 Å². The minimum absolute atomic E-state index is 0.168. The molecule has 21 heavy (non-hydrogen) atoms. The molecule has 0 aliphatic rings. The molecule has 4 heteroatoms. The number of nitrogens with zero attached hydrogens (tertiary/aromatic N) is 1. The molecular weight excluding hydrogens is 284 g/mol. The number of carbonyl (C=O) groups excluding carboxylic acids is 1. The summed E-state index contributed by atoms with van der Waals surface area (Å²) in [5.74, 6) is -0.168. The van der Waals surface area contributed by atoms with Gasteiger partial charge in [0.25, 0.3) is 5.91 Å². The third-order valence-corrected chi connectivity index (χ3v) is 3.54. The maximum Gasteiger partial charge on any atom is 0.255 e. The van der Waals surface area contributed by atoms with Gasteiger partial charge >= 0.3 is 0 Å². The first-order valence-corrected chi connectivity index (χ1v) is 6.93. The minimum atomic E-state index is -0.168. The minimum Gasteiger partial charge on any atom is -0.322 e. The SMILES string of the molecule is Cc1ccc(Cl)cc1C(=O)Nc1ccc2ncccc2c1. The topological polar surface area (TPSA) is 42.0 Å². The molecule has 104 valence electrons. The molecule has 0 radical (unpaired) electrons. The first-order valence-electron chi connectivity index (χ1n) is 6.56. The summed E-state index contributed by atoms with van der Waals surface area (Å²) in [6.45, 7) is 1.88. The number of rotatable bonds is 2. The summed E-state index contributed by atoms with van der Waals surface area (Å²) < 4.78 is 0. The van der Waals surface area contributed by atoms with Gasteiger partial charge in [-0.05, 0) is 48.9 Å². The van der Waals surface area contributed by atoms with Crippen LogP contribution >= 0.6 is 11.6 Å². The number of nitrogens with one attached hydrogen (secondary N) is 1. The zero-order valence-corrected chi connectivity index (χ0v) is 12.2. The number of anilines is 1. The molecule has 3 aromatic rings. The van der Waals surface area contributed by atoms with Gasteiger partial charge in [-0.25, -0.2) is 0 Å². The Labute approximate surface area is 127 Å². The van der Waals surface area contributed by atoms with Crippen LogP contribution in [0.4, 0.5) is 5.69 Å². The van der Waals surface area contributed by atoms with Gasteiger partial charge < -0.3 is 5.32 Å². The molecule has 0 saturated carbocycles. The van der Waals surface area contributed by atoms with Crippen LogP contribution in [-0.2, 0) is 0 Å². The van der Waals surface area contributed by atoms with E-state index in [1.54, 1.807) is 18.3 Å². The van der Waals surface area contributed by atoms with E-state index in [1.165, 1.54) is 0 Å². The van der Waals surface area contributed by atoms with Crippen LogP contribution < -0.4 is 5.32 Å². The van der Waals surface area contributed by atoms with Gasteiger partial charge in [0.15, 0.2) is 0 Å². The van der Waals surface area contributed by atoms with E-state index in [0.29, 0.717) is 10.6 Å². The van der Waals surface area contributed by atoms with E-state index in [1.807, 2.05) is 43.3 Å². The molecule has 0 spiro atoms. The van der Waals surface area contributed by atoms with Crippen molar-refractivity contribution in [1.29, 1.82) is 0 Å². The van der Waals surface area contributed by atoms with E-state index in [-0.39, 0.29) is 5.91 Å². The Balaban J connectivity index is 1.90. The molecule has 3 rings (SSSR count). The van der Waals surface area contributed by atoms with Crippen molar-refractivity contribution in [2.24, 2.45) is 0 Å². The number of pyridine rings is 1. The zero-order valence-electron chi connectivity index (χ0n) is 11.4. The monoisotopic (exact) mass is 296 g/mol. The number of aromatic nitrogens is 1. The lowest BCUT2D eigenvalue weighted by molar-refractivity contribution is 0.102. The molecule has 0 bridgehead atoms. The highest BCUT2D eigenvalue weighted by atomic mass is 35.5. The van der Waals surface area contributed by atoms with Crippen molar-refractivity contribution in [2.45, 2.75) is 6.92 Å². The molecule has 1 aromatic heterocycles. The Kier molecular flexibility index (Phi) is 3.59. The number of hydrogen-bond acceptors (Lipinski definition) is 2. The third-order valence-electron chi connectivity index (χ3n) is 3.31. The highest BCUT2D eigenvalue weighted by Gasteiger charge is 2.10. The number of benzene rings is 2. The highest BCUT2D eigenvalue weighted by molar-refractivity contribution is 6.31. The van der Waals surface area contributed by atoms with Crippen LogP contribution in [0.3, 0.4) is 0 Å². The summed E-state index contributed by atoms with van der Waals surface area (Å²) in [4.78, 5) is 16.6. The van der Waals surface area contributed by atoms with E-state index in [0.717, 1.165) is 22.2 Å². The van der Waals surface area contributed by atoms with E-state index in [4.69, 9.17) is 11.6 Å². The Morgan fingerprint density at radius 3 is 2.86 bits per heavy atom. The van der Waals surface area contributed by atoms with Gasteiger partial charge in [0.1, 0.15) is 0 Å². The second-order valence-electron chi connectivity index (χ2n) is 4.82. The Morgan fingerprint density at radius 2 is 2.00 bits per heavy atom. The van der Waals surface area contributed by atoms with Gasteiger partial charge in [-0.15, -0.1) is 0 Å². The van der Waals surface area contributed by atoms with Gasteiger partial charge in [0.05, 0.1) is 5.52 Å². The van der Waals surface area contributed by atoms with Crippen LogP contribution in [0.15, 0.2) is 54.7 Å². The second kappa shape index (κ2) is 5.54. The smallest absolute Gasteiger partial charge is 0.255 e. The second-order valence-corrected chi connectivity index (χ2v) is 5.26. The number of carbonyl (C=O) groups is 1. The van der Waals surface area contributed by atoms with Crippen LogP contribution in [0.5, 0.6) is 0 Å². The van der Waals surface area contributed by atoms with Crippen molar-refractivity contribution in [3.05, 3.63) is 70.9 Å². The van der Waals surface area contributed by atoms with Gasteiger partial charge in [-0.3, -0.25) is 9.78 Å². The fraction of sp³-hybridized carbons (Fsp3) is 0.0588. The molecule has 0 unspecified atom stereocenters. The predicted molar refractivity (Wildman–Crippen MR) is 85.9 cm³/mol. The largest absolute Gasteiger partial charge is 0.322 e. The molecule has 0 aliphatic carbocycles. The van der Waals surface area contributed by atoms with Crippen molar-refractivity contribution >= 4 is 34.1 Å². The predicted octanol–water partition coefficient (Wildman–Crippen LogP) is 4.45.